The molecule has 0 fully saturated rings. The average molecular weight is 161 g/mol. The van der Waals surface area contributed by atoms with Gasteiger partial charge in [0, 0.05) is 4.91 Å². The van der Waals surface area contributed by atoms with E-state index in [9.17, 15) is 4.79 Å². The Morgan fingerprint density at radius 3 is 2.55 bits per heavy atom. The number of carboxylic acid groups (broad SMARTS) is 1. The average Bonchev–Trinajstić information content (AvgIpc) is 1.98. The molecular weight excluding hydrogens is 154 g/mol. The van der Waals surface area contributed by atoms with E-state index in [4.69, 9.17) is 20.9 Å². The van der Waals surface area contributed by atoms with Crippen LogP contribution < -0.4 is 0 Å². The SMILES string of the molecule is [N-]=[N+]=NC(C(=O)O)C(O)CO. The van der Waals surface area contributed by atoms with Crippen molar-refractivity contribution in [3.8, 4) is 0 Å². The number of carboxylic acids is 1. The Kier molecular flexibility index (Phi) is 3.97. The van der Waals surface area contributed by atoms with Crippen molar-refractivity contribution in [3.05, 3.63) is 10.4 Å². The zero-order valence-corrected chi connectivity index (χ0v) is 5.45. The lowest BCUT2D eigenvalue weighted by Crippen LogP contribution is -2.34. The molecule has 2 unspecified atom stereocenters. The first kappa shape index (κ1) is 9.70. The highest BCUT2D eigenvalue weighted by Gasteiger charge is 2.24. The van der Waals surface area contributed by atoms with Gasteiger partial charge in [-0.05, 0) is 5.53 Å². The molecule has 0 aromatic heterocycles. The van der Waals surface area contributed by atoms with Gasteiger partial charge in [0.15, 0.2) is 6.04 Å². The summed E-state index contributed by atoms with van der Waals surface area (Å²) in [4.78, 5) is 12.4. The fraction of sp³-hybridized carbons (Fsp3) is 0.750. The van der Waals surface area contributed by atoms with E-state index in [-0.39, 0.29) is 0 Å². The van der Waals surface area contributed by atoms with E-state index in [0.717, 1.165) is 0 Å². The monoisotopic (exact) mass is 161 g/mol. The predicted molar refractivity (Wildman–Crippen MR) is 33.7 cm³/mol. The van der Waals surface area contributed by atoms with Crippen LogP contribution in [0, 0.1) is 0 Å². The molecule has 0 radical (unpaired) electrons. The van der Waals surface area contributed by atoms with E-state index in [1.807, 2.05) is 0 Å². The zero-order valence-electron chi connectivity index (χ0n) is 5.45. The summed E-state index contributed by atoms with van der Waals surface area (Å²) >= 11 is 0. The topological polar surface area (TPSA) is 127 Å². The first-order valence-electron chi connectivity index (χ1n) is 2.69. The van der Waals surface area contributed by atoms with Crippen LogP contribution in [0.2, 0.25) is 0 Å². The van der Waals surface area contributed by atoms with Gasteiger partial charge in [0.05, 0.1) is 12.7 Å². The number of hydrogen-bond donors (Lipinski definition) is 3. The Morgan fingerprint density at radius 1 is 1.73 bits per heavy atom. The molecule has 0 bridgehead atoms. The van der Waals surface area contributed by atoms with Crippen molar-refractivity contribution in [2.75, 3.05) is 6.61 Å². The minimum Gasteiger partial charge on any atom is -0.481 e. The van der Waals surface area contributed by atoms with Crippen LogP contribution in [0.25, 0.3) is 10.4 Å². The van der Waals surface area contributed by atoms with Gasteiger partial charge in [-0.15, -0.1) is 0 Å². The second-order valence-corrected chi connectivity index (χ2v) is 1.74. The number of aliphatic hydroxyl groups excluding tert-OH is 2. The molecule has 0 aliphatic carbocycles. The maximum absolute atomic E-state index is 10.2. The third kappa shape index (κ3) is 2.85. The van der Waals surface area contributed by atoms with Crippen LogP contribution in [-0.2, 0) is 4.79 Å². The van der Waals surface area contributed by atoms with Gasteiger partial charge in [0.1, 0.15) is 0 Å². The number of hydrogen-bond acceptors (Lipinski definition) is 4. The summed E-state index contributed by atoms with van der Waals surface area (Å²) in [7, 11) is 0. The number of azide groups is 1. The second-order valence-electron chi connectivity index (χ2n) is 1.74. The number of carbonyl (C=O) groups is 1. The summed E-state index contributed by atoms with van der Waals surface area (Å²) < 4.78 is 0. The molecule has 0 heterocycles. The van der Waals surface area contributed by atoms with Gasteiger partial charge in [-0.25, -0.2) is 0 Å². The molecule has 0 saturated heterocycles. The molecule has 2 atom stereocenters. The fourth-order valence-electron chi connectivity index (χ4n) is 0.446. The van der Waals surface area contributed by atoms with E-state index < -0.39 is 24.7 Å². The van der Waals surface area contributed by atoms with Gasteiger partial charge in [-0.1, -0.05) is 5.11 Å². The maximum Gasteiger partial charge on any atom is 0.315 e. The van der Waals surface area contributed by atoms with Crippen molar-refractivity contribution in [2.45, 2.75) is 12.1 Å². The van der Waals surface area contributed by atoms with Crippen LogP contribution in [-0.4, -0.2) is 40.0 Å². The van der Waals surface area contributed by atoms with Crippen molar-refractivity contribution < 1.29 is 20.1 Å². The molecule has 3 N–H and O–H groups in total. The molecule has 0 rings (SSSR count). The first-order valence-corrected chi connectivity index (χ1v) is 2.69. The highest BCUT2D eigenvalue weighted by molar-refractivity contribution is 5.74. The molecule has 7 nitrogen and oxygen atoms in total. The predicted octanol–water partition coefficient (Wildman–Crippen LogP) is -0.897. The van der Waals surface area contributed by atoms with Crippen molar-refractivity contribution in [2.24, 2.45) is 5.11 Å². The van der Waals surface area contributed by atoms with Crippen LogP contribution in [0.5, 0.6) is 0 Å². The summed E-state index contributed by atoms with van der Waals surface area (Å²) in [5.41, 5.74) is 7.83. The molecule has 7 heteroatoms. The van der Waals surface area contributed by atoms with Crippen LogP contribution in [0.3, 0.4) is 0 Å². The van der Waals surface area contributed by atoms with E-state index in [1.54, 1.807) is 0 Å². The van der Waals surface area contributed by atoms with Crippen LogP contribution in [0.15, 0.2) is 5.11 Å². The molecule has 0 aromatic carbocycles. The Balaban J connectivity index is 4.32. The van der Waals surface area contributed by atoms with E-state index in [0.29, 0.717) is 0 Å². The minimum atomic E-state index is -1.62. The number of nitrogens with zero attached hydrogens (tertiary/aromatic N) is 3. The molecule has 0 spiro atoms. The largest absolute Gasteiger partial charge is 0.481 e. The van der Waals surface area contributed by atoms with Gasteiger partial charge < -0.3 is 15.3 Å². The van der Waals surface area contributed by atoms with Crippen LogP contribution >= 0.6 is 0 Å². The first-order chi connectivity index (χ1) is 5.13. The lowest BCUT2D eigenvalue weighted by atomic mass is 10.2. The lowest BCUT2D eigenvalue weighted by Gasteiger charge is -2.09. The van der Waals surface area contributed by atoms with Gasteiger partial charge in [0.2, 0.25) is 0 Å². The summed E-state index contributed by atoms with van der Waals surface area (Å²) in [6.07, 6.45) is -1.55. The third-order valence-electron chi connectivity index (χ3n) is 0.981. The van der Waals surface area contributed by atoms with Gasteiger partial charge in [0.25, 0.3) is 0 Å². The van der Waals surface area contributed by atoms with Crippen molar-refractivity contribution in [1.29, 1.82) is 0 Å². The summed E-state index contributed by atoms with van der Waals surface area (Å²) in [6, 6.07) is -1.62. The van der Waals surface area contributed by atoms with Crippen molar-refractivity contribution in [1.82, 2.24) is 0 Å². The van der Waals surface area contributed by atoms with Gasteiger partial charge in [-0.3, -0.25) is 4.79 Å². The summed E-state index contributed by atoms with van der Waals surface area (Å²) in [5, 5.41) is 28.0. The fourth-order valence-corrected chi connectivity index (χ4v) is 0.446. The molecule has 0 saturated carbocycles. The smallest absolute Gasteiger partial charge is 0.315 e. The summed E-state index contributed by atoms with van der Waals surface area (Å²) in [5.74, 6) is -1.47. The minimum absolute atomic E-state index is 0.754. The molecule has 0 aromatic rings. The maximum atomic E-state index is 10.2. The number of aliphatic hydroxyl groups is 2. The van der Waals surface area contributed by atoms with Crippen LogP contribution in [0.4, 0.5) is 0 Å². The van der Waals surface area contributed by atoms with Crippen molar-refractivity contribution >= 4 is 5.97 Å². The highest BCUT2D eigenvalue weighted by Crippen LogP contribution is 1.98. The molecule has 0 aliphatic heterocycles. The van der Waals surface area contributed by atoms with E-state index in [2.05, 4.69) is 10.0 Å². The Labute approximate surface area is 61.5 Å². The van der Waals surface area contributed by atoms with Crippen molar-refractivity contribution in [3.63, 3.8) is 0 Å². The Bertz CT molecular complexity index is 186. The molecule has 11 heavy (non-hydrogen) atoms. The second kappa shape index (κ2) is 4.51. The lowest BCUT2D eigenvalue weighted by molar-refractivity contribution is -0.141. The standard InChI is InChI=1S/C4H7N3O4/c5-7-6-3(4(10)11)2(9)1-8/h2-3,8-9H,1H2,(H,10,11). The van der Waals surface area contributed by atoms with Crippen LogP contribution in [0.1, 0.15) is 0 Å². The Hall–Kier alpha value is -1.30. The zero-order chi connectivity index (χ0) is 8.85. The molecule has 62 valence electrons. The number of rotatable bonds is 4. The highest BCUT2D eigenvalue weighted by atomic mass is 16.4. The Morgan fingerprint density at radius 2 is 2.27 bits per heavy atom. The number of aliphatic carboxylic acids is 1. The summed E-state index contributed by atoms with van der Waals surface area (Å²) in [6.45, 7) is -0.754. The van der Waals surface area contributed by atoms with Gasteiger partial charge in [-0.2, -0.15) is 0 Å². The third-order valence-corrected chi connectivity index (χ3v) is 0.981. The van der Waals surface area contributed by atoms with E-state index in [1.165, 1.54) is 0 Å². The molecular formula is C4H7N3O4. The van der Waals surface area contributed by atoms with Gasteiger partial charge >= 0.3 is 5.97 Å². The molecule has 0 amide bonds. The molecule has 0 aliphatic rings. The quantitative estimate of drug-likeness (QED) is 0.280. The normalized spacial score (nSPS) is 14.7. The van der Waals surface area contributed by atoms with E-state index >= 15 is 0 Å².